The maximum Gasteiger partial charge on any atom is 0.214 e. The van der Waals surface area contributed by atoms with Crippen molar-refractivity contribution in [2.75, 3.05) is 18.8 Å². The normalized spacial score (nSPS) is 29.7. The lowest BCUT2D eigenvalue weighted by molar-refractivity contribution is 0.189. The van der Waals surface area contributed by atoms with Gasteiger partial charge in [0.05, 0.1) is 11.9 Å². The van der Waals surface area contributed by atoms with Crippen molar-refractivity contribution in [2.45, 2.75) is 44.6 Å². The number of hydrogen-bond donors (Lipinski definition) is 1. The highest BCUT2D eigenvalue weighted by atomic mass is 32.2. The minimum atomic E-state index is -3.12. The summed E-state index contributed by atoms with van der Waals surface area (Å²) < 4.78 is 25.6. The van der Waals surface area contributed by atoms with E-state index in [1.54, 1.807) is 0 Å². The summed E-state index contributed by atoms with van der Waals surface area (Å²) in [6.07, 6.45) is 5.82. The predicted octanol–water partition coefficient (Wildman–Crippen LogP) is 0.963. The monoisotopic (exact) mass is 247 g/mol. The van der Waals surface area contributed by atoms with Crippen LogP contribution in [0.3, 0.4) is 0 Å². The summed E-state index contributed by atoms with van der Waals surface area (Å²) in [6, 6.07) is 0. The highest BCUT2D eigenvalue weighted by Crippen LogP contribution is 2.26. The zero-order valence-electron chi connectivity index (χ0n) is 9.64. The van der Waals surface area contributed by atoms with E-state index in [4.69, 9.17) is 0 Å². The predicted molar refractivity (Wildman–Crippen MR) is 62.6 cm³/mol. The van der Waals surface area contributed by atoms with E-state index in [0.717, 1.165) is 12.8 Å². The number of aliphatic hydroxyl groups is 1. The molecule has 1 atom stereocenters. The SMILES string of the molecule is O=S(=O)(CC1CCCCC1)N1CC[C@@H](O)C1. The largest absolute Gasteiger partial charge is 0.392 e. The van der Waals surface area contributed by atoms with Crippen LogP contribution in [0.2, 0.25) is 0 Å². The van der Waals surface area contributed by atoms with Crippen molar-refractivity contribution >= 4 is 10.0 Å². The lowest BCUT2D eigenvalue weighted by Gasteiger charge is -2.24. The fourth-order valence-corrected chi connectivity index (χ4v) is 4.64. The van der Waals surface area contributed by atoms with Crippen LogP contribution in [0.25, 0.3) is 0 Å². The summed E-state index contributed by atoms with van der Waals surface area (Å²) in [5.41, 5.74) is 0. The summed E-state index contributed by atoms with van der Waals surface area (Å²) in [6.45, 7) is 0.797. The van der Waals surface area contributed by atoms with Crippen LogP contribution >= 0.6 is 0 Å². The first-order chi connectivity index (χ1) is 7.58. The first kappa shape index (κ1) is 12.3. The second-order valence-corrected chi connectivity index (χ2v) is 7.10. The van der Waals surface area contributed by atoms with Gasteiger partial charge in [-0.2, -0.15) is 4.31 Å². The van der Waals surface area contributed by atoms with Crippen LogP contribution in [-0.2, 0) is 10.0 Å². The van der Waals surface area contributed by atoms with Crippen LogP contribution in [0, 0.1) is 5.92 Å². The molecule has 1 heterocycles. The van der Waals surface area contributed by atoms with Gasteiger partial charge in [0.1, 0.15) is 0 Å². The molecule has 2 rings (SSSR count). The zero-order chi connectivity index (χ0) is 11.6. The van der Waals surface area contributed by atoms with E-state index in [1.807, 2.05) is 0 Å². The Kier molecular flexibility index (Phi) is 3.87. The Hall–Kier alpha value is -0.130. The Labute approximate surface area is 97.7 Å². The standard InChI is InChI=1S/C11H21NO3S/c13-11-6-7-12(8-11)16(14,15)9-10-4-2-1-3-5-10/h10-11,13H,1-9H2/t11-/m1/s1. The third kappa shape index (κ3) is 2.96. The number of nitrogens with zero attached hydrogens (tertiary/aromatic N) is 1. The molecule has 0 aromatic heterocycles. The van der Waals surface area contributed by atoms with Crippen LogP contribution in [0.4, 0.5) is 0 Å². The van der Waals surface area contributed by atoms with Crippen LogP contribution in [-0.4, -0.2) is 42.8 Å². The van der Waals surface area contributed by atoms with Crippen LogP contribution < -0.4 is 0 Å². The lowest BCUT2D eigenvalue weighted by atomic mass is 9.91. The molecule has 16 heavy (non-hydrogen) atoms. The summed E-state index contributed by atoms with van der Waals surface area (Å²) in [7, 11) is -3.12. The molecule has 0 radical (unpaired) electrons. The summed E-state index contributed by atoms with van der Waals surface area (Å²) in [4.78, 5) is 0. The Morgan fingerprint density at radius 3 is 2.38 bits per heavy atom. The summed E-state index contributed by atoms with van der Waals surface area (Å²) in [5, 5.41) is 9.36. The van der Waals surface area contributed by atoms with E-state index in [-0.39, 0.29) is 0 Å². The van der Waals surface area contributed by atoms with Gasteiger partial charge in [0.25, 0.3) is 0 Å². The molecule has 1 aliphatic carbocycles. The highest BCUT2D eigenvalue weighted by molar-refractivity contribution is 7.89. The average Bonchev–Trinajstić information content (AvgIpc) is 2.66. The topological polar surface area (TPSA) is 57.6 Å². The van der Waals surface area contributed by atoms with E-state index in [0.29, 0.717) is 31.2 Å². The minimum Gasteiger partial charge on any atom is -0.392 e. The second-order valence-electron chi connectivity index (χ2n) is 5.08. The van der Waals surface area contributed by atoms with Crippen molar-refractivity contribution in [3.63, 3.8) is 0 Å². The number of aliphatic hydroxyl groups excluding tert-OH is 1. The van der Waals surface area contributed by atoms with E-state index in [9.17, 15) is 13.5 Å². The molecule has 4 nitrogen and oxygen atoms in total. The van der Waals surface area contributed by atoms with Gasteiger partial charge in [-0.15, -0.1) is 0 Å². The van der Waals surface area contributed by atoms with Gasteiger partial charge in [-0.25, -0.2) is 8.42 Å². The average molecular weight is 247 g/mol. The van der Waals surface area contributed by atoms with Crippen LogP contribution in [0.1, 0.15) is 38.5 Å². The van der Waals surface area contributed by atoms with Crippen molar-refractivity contribution < 1.29 is 13.5 Å². The van der Waals surface area contributed by atoms with Gasteiger partial charge in [0, 0.05) is 13.1 Å². The van der Waals surface area contributed by atoms with Crippen molar-refractivity contribution in [3.8, 4) is 0 Å². The molecular weight excluding hydrogens is 226 g/mol. The molecule has 0 aromatic rings. The molecular formula is C11H21NO3S. The van der Waals surface area contributed by atoms with Gasteiger partial charge in [-0.1, -0.05) is 19.3 Å². The Balaban J connectivity index is 1.91. The first-order valence-corrected chi connectivity index (χ1v) is 7.85. The molecule has 0 amide bonds. The molecule has 1 saturated carbocycles. The fraction of sp³-hybridized carbons (Fsp3) is 1.00. The van der Waals surface area contributed by atoms with Gasteiger partial charge in [-0.05, 0) is 25.2 Å². The lowest BCUT2D eigenvalue weighted by Crippen LogP contribution is -2.34. The number of rotatable bonds is 3. The van der Waals surface area contributed by atoms with Crippen molar-refractivity contribution in [1.29, 1.82) is 0 Å². The fourth-order valence-electron chi connectivity index (χ4n) is 2.72. The van der Waals surface area contributed by atoms with Crippen LogP contribution in [0.15, 0.2) is 0 Å². The number of sulfonamides is 1. The molecule has 1 N–H and O–H groups in total. The third-order valence-corrected chi connectivity index (χ3v) is 5.70. The Morgan fingerprint density at radius 2 is 1.81 bits per heavy atom. The third-order valence-electron chi connectivity index (χ3n) is 3.69. The highest BCUT2D eigenvalue weighted by Gasteiger charge is 2.32. The second kappa shape index (κ2) is 5.02. The van der Waals surface area contributed by atoms with Gasteiger partial charge in [0.2, 0.25) is 10.0 Å². The van der Waals surface area contributed by atoms with Crippen LogP contribution in [0.5, 0.6) is 0 Å². The maximum absolute atomic E-state index is 12.1. The molecule has 2 aliphatic rings. The molecule has 2 fully saturated rings. The quantitative estimate of drug-likeness (QED) is 0.808. The van der Waals surface area contributed by atoms with E-state index < -0.39 is 16.1 Å². The van der Waals surface area contributed by atoms with E-state index in [2.05, 4.69) is 0 Å². The molecule has 5 heteroatoms. The molecule has 0 bridgehead atoms. The van der Waals surface area contributed by atoms with E-state index in [1.165, 1.54) is 23.6 Å². The molecule has 0 spiro atoms. The van der Waals surface area contributed by atoms with Crippen molar-refractivity contribution in [3.05, 3.63) is 0 Å². The smallest absolute Gasteiger partial charge is 0.214 e. The minimum absolute atomic E-state index is 0.291. The van der Waals surface area contributed by atoms with Crippen molar-refractivity contribution in [2.24, 2.45) is 5.92 Å². The molecule has 94 valence electrons. The first-order valence-electron chi connectivity index (χ1n) is 6.24. The summed E-state index contributed by atoms with van der Waals surface area (Å²) >= 11 is 0. The molecule has 1 saturated heterocycles. The Bertz CT molecular complexity index is 322. The number of β-amino-alcohol motifs (C(OH)–C–C–N with tert-alkyl or cyclic N) is 1. The van der Waals surface area contributed by atoms with Gasteiger partial charge < -0.3 is 5.11 Å². The molecule has 0 aromatic carbocycles. The van der Waals surface area contributed by atoms with Gasteiger partial charge in [0.15, 0.2) is 0 Å². The van der Waals surface area contributed by atoms with Gasteiger partial charge in [-0.3, -0.25) is 0 Å². The molecule has 1 aliphatic heterocycles. The zero-order valence-corrected chi connectivity index (χ0v) is 10.5. The van der Waals surface area contributed by atoms with E-state index >= 15 is 0 Å². The van der Waals surface area contributed by atoms with Gasteiger partial charge >= 0.3 is 0 Å². The molecule has 0 unspecified atom stereocenters. The Morgan fingerprint density at radius 1 is 1.12 bits per heavy atom. The summed E-state index contributed by atoms with van der Waals surface area (Å²) in [5.74, 6) is 0.635. The maximum atomic E-state index is 12.1. The number of hydrogen-bond acceptors (Lipinski definition) is 3. The van der Waals surface area contributed by atoms with Crippen molar-refractivity contribution in [1.82, 2.24) is 4.31 Å².